The number of amides is 1. The summed E-state index contributed by atoms with van der Waals surface area (Å²) in [5.41, 5.74) is 2.02. The van der Waals surface area contributed by atoms with Gasteiger partial charge in [0.2, 0.25) is 0 Å². The number of nitrogens with one attached hydrogen (secondary N) is 1. The average Bonchev–Trinajstić information content (AvgIpc) is 2.96. The molecule has 6 nitrogen and oxygen atoms in total. The van der Waals surface area contributed by atoms with Crippen molar-refractivity contribution in [3.05, 3.63) is 42.1 Å². The minimum atomic E-state index is -1.17. The number of carboxylic acid groups (broad SMARTS) is 1. The van der Waals surface area contributed by atoms with Gasteiger partial charge in [0.25, 0.3) is 5.78 Å². The molecule has 0 saturated heterocycles. The molecule has 1 amide bonds. The van der Waals surface area contributed by atoms with E-state index >= 15 is 0 Å². The van der Waals surface area contributed by atoms with Crippen molar-refractivity contribution in [3.63, 3.8) is 0 Å². The minimum absolute atomic E-state index is 0.0904. The maximum absolute atomic E-state index is 12.1. The number of hydrogen-bond donors (Lipinski definition) is 2. The minimum Gasteiger partial charge on any atom is -0.465 e. The van der Waals surface area contributed by atoms with Gasteiger partial charge in [-0.05, 0) is 18.9 Å². The highest BCUT2D eigenvalue weighted by Gasteiger charge is 2.13. The number of hydrogen-bond acceptors (Lipinski definition) is 3. The molecule has 0 radical (unpaired) electrons. The average molecular weight is 297 g/mol. The first kappa shape index (κ1) is 15.3. The second-order valence-corrected chi connectivity index (χ2v) is 4.39. The molecule has 2 aromatic rings. The van der Waals surface area contributed by atoms with Crippen LogP contribution in [-0.4, -0.2) is 33.3 Å². The zero-order valence-electron chi connectivity index (χ0n) is 12.0. The molecule has 0 unspecified atom stereocenters. The molecule has 0 aliphatic carbocycles. The molecule has 0 fully saturated rings. The standard InChI is InChI=1S/C16H15N3O3/c1-2-19-14(15(20)9-6-10-17-16(21)22)11-13(18-19)12-7-4-3-5-8-12/h3-5,7-8,11,17H,2,10H2,1H3,(H,21,22). The molecule has 0 bridgehead atoms. The summed E-state index contributed by atoms with van der Waals surface area (Å²) >= 11 is 0. The summed E-state index contributed by atoms with van der Waals surface area (Å²) in [6.07, 6.45) is -1.17. The SMILES string of the molecule is CCn1nc(-c2ccccc2)cc1C(=O)C#CCNC(=O)O. The fourth-order valence-corrected chi connectivity index (χ4v) is 1.90. The van der Waals surface area contributed by atoms with E-state index in [-0.39, 0.29) is 12.3 Å². The van der Waals surface area contributed by atoms with E-state index in [2.05, 4.69) is 22.3 Å². The van der Waals surface area contributed by atoms with Gasteiger partial charge in [-0.15, -0.1) is 0 Å². The van der Waals surface area contributed by atoms with Crippen molar-refractivity contribution in [1.82, 2.24) is 15.1 Å². The first-order chi connectivity index (χ1) is 10.6. The molecule has 0 aliphatic heterocycles. The number of ketones is 1. The molecule has 1 aromatic heterocycles. The van der Waals surface area contributed by atoms with Crippen molar-refractivity contribution in [2.45, 2.75) is 13.5 Å². The maximum atomic E-state index is 12.1. The van der Waals surface area contributed by atoms with Crippen LogP contribution in [0.25, 0.3) is 11.3 Å². The number of carbonyl (C=O) groups is 2. The summed E-state index contributed by atoms with van der Waals surface area (Å²) in [5.74, 6) is 4.52. The van der Waals surface area contributed by atoms with Crippen LogP contribution in [0.3, 0.4) is 0 Å². The lowest BCUT2D eigenvalue weighted by molar-refractivity contribution is 0.104. The van der Waals surface area contributed by atoms with Gasteiger partial charge in [-0.1, -0.05) is 36.3 Å². The van der Waals surface area contributed by atoms with Gasteiger partial charge < -0.3 is 10.4 Å². The van der Waals surface area contributed by atoms with Gasteiger partial charge in [-0.2, -0.15) is 5.10 Å². The lowest BCUT2D eigenvalue weighted by Gasteiger charge is -1.98. The largest absolute Gasteiger partial charge is 0.465 e. The van der Waals surface area contributed by atoms with Gasteiger partial charge in [0, 0.05) is 12.1 Å². The Morgan fingerprint density at radius 2 is 2.05 bits per heavy atom. The lowest BCUT2D eigenvalue weighted by Crippen LogP contribution is -2.20. The third-order valence-electron chi connectivity index (χ3n) is 2.91. The number of Topliss-reactive ketones (excluding diaryl/α,β-unsaturated/α-hetero) is 1. The van der Waals surface area contributed by atoms with Crippen molar-refractivity contribution < 1.29 is 14.7 Å². The first-order valence-corrected chi connectivity index (χ1v) is 6.75. The van der Waals surface area contributed by atoms with Crippen LogP contribution in [0.4, 0.5) is 4.79 Å². The third-order valence-corrected chi connectivity index (χ3v) is 2.91. The fourth-order valence-electron chi connectivity index (χ4n) is 1.90. The number of carbonyl (C=O) groups excluding carboxylic acids is 1. The zero-order valence-corrected chi connectivity index (χ0v) is 12.0. The maximum Gasteiger partial charge on any atom is 0.405 e. The summed E-state index contributed by atoms with van der Waals surface area (Å²) in [6, 6.07) is 11.2. The van der Waals surface area contributed by atoms with Crippen molar-refractivity contribution in [2.75, 3.05) is 6.54 Å². The van der Waals surface area contributed by atoms with Crippen molar-refractivity contribution in [1.29, 1.82) is 0 Å². The molecule has 0 aliphatic rings. The van der Waals surface area contributed by atoms with E-state index < -0.39 is 6.09 Å². The second-order valence-electron chi connectivity index (χ2n) is 4.39. The van der Waals surface area contributed by atoms with Crippen LogP contribution < -0.4 is 5.32 Å². The summed E-state index contributed by atoms with van der Waals surface area (Å²) < 4.78 is 1.59. The molecular weight excluding hydrogens is 282 g/mol. The Balaban J connectivity index is 2.22. The van der Waals surface area contributed by atoms with E-state index in [0.29, 0.717) is 17.9 Å². The number of nitrogens with zero attached hydrogens (tertiary/aromatic N) is 2. The van der Waals surface area contributed by atoms with Crippen LogP contribution >= 0.6 is 0 Å². The Labute approximate surface area is 127 Å². The summed E-state index contributed by atoms with van der Waals surface area (Å²) in [4.78, 5) is 22.4. The number of benzene rings is 1. The Morgan fingerprint density at radius 1 is 1.32 bits per heavy atom. The highest BCUT2D eigenvalue weighted by Crippen LogP contribution is 2.19. The van der Waals surface area contributed by atoms with Crippen molar-refractivity contribution in [3.8, 4) is 23.1 Å². The van der Waals surface area contributed by atoms with Crippen LogP contribution in [0.2, 0.25) is 0 Å². The van der Waals surface area contributed by atoms with Crippen LogP contribution in [-0.2, 0) is 6.54 Å². The van der Waals surface area contributed by atoms with Gasteiger partial charge in [0.1, 0.15) is 5.69 Å². The van der Waals surface area contributed by atoms with Gasteiger partial charge in [0.15, 0.2) is 0 Å². The van der Waals surface area contributed by atoms with Gasteiger partial charge in [-0.25, -0.2) is 4.79 Å². The number of aryl methyl sites for hydroxylation is 1. The quantitative estimate of drug-likeness (QED) is 0.514. The molecule has 0 spiro atoms. The van der Waals surface area contributed by atoms with E-state index in [1.54, 1.807) is 10.7 Å². The first-order valence-electron chi connectivity index (χ1n) is 6.75. The summed E-state index contributed by atoms with van der Waals surface area (Å²) in [6.45, 7) is 2.34. The molecule has 1 heterocycles. The highest BCUT2D eigenvalue weighted by atomic mass is 16.4. The monoisotopic (exact) mass is 297 g/mol. The lowest BCUT2D eigenvalue weighted by atomic mass is 10.1. The molecule has 22 heavy (non-hydrogen) atoms. The molecule has 0 atom stereocenters. The van der Waals surface area contributed by atoms with Gasteiger partial charge in [-0.3, -0.25) is 9.48 Å². The molecule has 6 heteroatoms. The van der Waals surface area contributed by atoms with Crippen LogP contribution in [0.15, 0.2) is 36.4 Å². The van der Waals surface area contributed by atoms with Gasteiger partial charge in [0.05, 0.1) is 12.2 Å². The van der Waals surface area contributed by atoms with Crippen LogP contribution in [0.5, 0.6) is 0 Å². The van der Waals surface area contributed by atoms with E-state index in [1.165, 1.54) is 0 Å². The molecule has 0 saturated carbocycles. The van der Waals surface area contributed by atoms with E-state index in [0.717, 1.165) is 5.56 Å². The predicted molar refractivity (Wildman–Crippen MR) is 81.5 cm³/mol. The smallest absolute Gasteiger partial charge is 0.405 e. The Hall–Kier alpha value is -3.07. The van der Waals surface area contributed by atoms with Crippen molar-refractivity contribution in [2.24, 2.45) is 0 Å². The Morgan fingerprint density at radius 3 is 2.68 bits per heavy atom. The fraction of sp³-hybridized carbons (Fsp3) is 0.188. The molecule has 2 rings (SSSR count). The van der Waals surface area contributed by atoms with E-state index in [1.807, 2.05) is 37.3 Å². The molecule has 1 aromatic carbocycles. The highest BCUT2D eigenvalue weighted by molar-refractivity contribution is 6.08. The third kappa shape index (κ3) is 3.73. The topological polar surface area (TPSA) is 84.2 Å². The Kier molecular flexibility index (Phi) is 4.94. The van der Waals surface area contributed by atoms with Crippen molar-refractivity contribution >= 4 is 11.9 Å². The predicted octanol–water partition coefficient (Wildman–Crippen LogP) is 2.02. The number of rotatable bonds is 4. The van der Waals surface area contributed by atoms with Crippen LogP contribution in [0, 0.1) is 11.8 Å². The Bertz CT molecular complexity index is 739. The number of aromatic nitrogens is 2. The summed E-state index contributed by atoms with van der Waals surface area (Å²) in [5, 5.41) is 14.9. The van der Waals surface area contributed by atoms with E-state index in [4.69, 9.17) is 5.11 Å². The second kappa shape index (κ2) is 7.09. The summed E-state index contributed by atoms with van der Waals surface area (Å²) in [7, 11) is 0. The molecule has 2 N–H and O–H groups in total. The molecule has 112 valence electrons. The van der Waals surface area contributed by atoms with E-state index in [9.17, 15) is 9.59 Å². The molecular formula is C16H15N3O3. The normalized spacial score (nSPS) is 9.68. The van der Waals surface area contributed by atoms with Crippen LogP contribution in [0.1, 0.15) is 17.4 Å². The van der Waals surface area contributed by atoms with Gasteiger partial charge >= 0.3 is 6.09 Å². The zero-order chi connectivity index (χ0) is 15.9.